The Morgan fingerprint density at radius 1 is 1.43 bits per heavy atom. The predicted molar refractivity (Wildman–Crippen MR) is 78.7 cm³/mol. The Bertz CT molecular complexity index is 589. The first-order chi connectivity index (χ1) is 10.8. The molecule has 0 unspecified atom stereocenters. The van der Waals surface area contributed by atoms with Crippen molar-refractivity contribution < 1.29 is 23.3 Å². The number of nitro groups is 1. The summed E-state index contributed by atoms with van der Waals surface area (Å²) in [4.78, 5) is 12.1. The third-order valence-corrected chi connectivity index (χ3v) is 3.72. The molecule has 23 heavy (non-hydrogen) atoms. The molecule has 0 radical (unpaired) electrons. The molecule has 2 N–H and O–H groups in total. The average molecular weight is 333 g/mol. The second-order valence-corrected chi connectivity index (χ2v) is 5.65. The first kappa shape index (κ1) is 17.3. The maximum Gasteiger partial charge on any atom is 0.416 e. The van der Waals surface area contributed by atoms with Gasteiger partial charge in [-0.05, 0) is 31.2 Å². The van der Waals surface area contributed by atoms with E-state index in [2.05, 4.69) is 0 Å². The molecular weight excluding hydrogens is 315 g/mol. The summed E-state index contributed by atoms with van der Waals surface area (Å²) >= 11 is 0. The van der Waals surface area contributed by atoms with Crippen LogP contribution in [0, 0.1) is 16.0 Å². The van der Waals surface area contributed by atoms with Gasteiger partial charge in [-0.3, -0.25) is 20.8 Å². The smallest absolute Gasteiger partial charge is 0.364 e. The summed E-state index contributed by atoms with van der Waals surface area (Å²) < 4.78 is 38.7. The van der Waals surface area contributed by atoms with Crippen molar-refractivity contribution in [3.8, 4) is 0 Å². The molecule has 0 atom stereocenters. The molecule has 1 aliphatic rings. The van der Waals surface area contributed by atoms with Crippen LogP contribution in [0.15, 0.2) is 12.1 Å². The van der Waals surface area contributed by atoms with Crippen LogP contribution in [0.4, 0.5) is 30.2 Å². The van der Waals surface area contributed by atoms with Gasteiger partial charge in [0.1, 0.15) is 5.69 Å². The van der Waals surface area contributed by atoms with Crippen molar-refractivity contribution >= 4 is 17.1 Å². The van der Waals surface area contributed by atoms with Crippen molar-refractivity contribution in [2.75, 3.05) is 23.5 Å². The zero-order valence-electron chi connectivity index (χ0n) is 12.6. The van der Waals surface area contributed by atoms with E-state index in [1.54, 1.807) is 10.4 Å². The normalized spacial score (nSPS) is 14.7. The van der Waals surface area contributed by atoms with Gasteiger partial charge >= 0.3 is 6.18 Å². The van der Waals surface area contributed by atoms with Gasteiger partial charge in [0.05, 0.1) is 16.2 Å². The average Bonchev–Trinajstić information content (AvgIpc) is 3.28. The number of alkyl halides is 3. The first-order valence-corrected chi connectivity index (χ1v) is 7.32. The Balaban J connectivity index is 2.55. The predicted octanol–water partition coefficient (Wildman–Crippen LogP) is 4.04. The SMILES string of the molecule is CCCN(CC1CC1)c1c(NO)cc(C(F)(F)F)cc1[N+](=O)[O-]. The van der Waals surface area contributed by atoms with Crippen molar-refractivity contribution in [2.45, 2.75) is 32.4 Å². The Labute approximate surface area is 131 Å². The second-order valence-electron chi connectivity index (χ2n) is 5.65. The lowest BCUT2D eigenvalue weighted by Crippen LogP contribution is -2.28. The van der Waals surface area contributed by atoms with E-state index in [0.29, 0.717) is 37.6 Å². The highest BCUT2D eigenvalue weighted by Crippen LogP contribution is 2.43. The van der Waals surface area contributed by atoms with E-state index in [1.165, 1.54) is 0 Å². The minimum Gasteiger partial charge on any atom is -0.364 e. The second kappa shape index (κ2) is 6.61. The number of nitrogens with one attached hydrogen (secondary N) is 1. The molecule has 1 fully saturated rings. The number of anilines is 2. The van der Waals surface area contributed by atoms with Crippen molar-refractivity contribution in [3.05, 3.63) is 27.8 Å². The molecule has 1 aromatic rings. The number of hydrogen-bond acceptors (Lipinski definition) is 5. The molecule has 1 aliphatic carbocycles. The van der Waals surface area contributed by atoms with E-state index in [4.69, 9.17) is 0 Å². The van der Waals surface area contributed by atoms with Gasteiger partial charge in [-0.25, -0.2) is 0 Å². The highest BCUT2D eigenvalue weighted by Gasteiger charge is 2.36. The summed E-state index contributed by atoms with van der Waals surface area (Å²) in [7, 11) is 0. The highest BCUT2D eigenvalue weighted by atomic mass is 19.4. The van der Waals surface area contributed by atoms with E-state index in [9.17, 15) is 28.5 Å². The largest absolute Gasteiger partial charge is 0.416 e. The molecule has 0 heterocycles. The van der Waals surface area contributed by atoms with Crippen LogP contribution in [0.1, 0.15) is 31.7 Å². The van der Waals surface area contributed by atoms with Gasteiger partial charge in [-0.1, -0.05) is 6.92 Å². The Morgan fingerprint density at radius 2 is 2.09 bits per heavy atom. The van der Waals surface area contributed by atoms with Crippen LogP contribution in [0.25, 0.3) is 0 Å². The van der Waals surface area contributed by atoms with Gasteiger partial charge in [-0.2, -0.15) is 13.2 Å². The number of hydrogen-bond donors (Lipinski definition) is 2. The molecule has 0 aromatic heterocycles. The van der Waals surface area contributed by atoms with Crippen LogP contribution in [0.3, 0.4) is 0 Å². The lowest BCUT2D eigenvalue weighted by molar-refractivity contribution is -0.384. The minimum absolute atomic E-state index is 0.000694. The van der Waals surface area contributed by atoms with Crippen LogP contribution >= 0.6 is 0 Å². The van der Waals surface area contributed by atoms with Gasteiger partial charge < -0.3 is 4.90 Å². The van der Waals surface area contributed by atoms with E-state index in [0.717, 1.165) is 12.8 Å². The van der Waals surface area contributed by atoms with E-state index in [-0.39, 0.29) is 11.4 Å². The third kappa shape index (κ3) is 4.04. The zero-order chi connectivity index (χ0) is 17.2. The fourth-order valence-electron chi connectivity index (χ4n) is 2.52. The highest BCUT2D eigenvalue weighted by molar-refractivity contribution is 5.80. The van der Waals surface area contributed by atoms with Crippen LogP contribution in [-0.4, -0.2) is 23.2 Å². The fourth-order valence-corrected chi connectivity index (χ4v) is 2.52. The Hall–Kier alpha value is -2.03. The van der Waals surface area contributed by atoms with Crippen LogP contribution < -0.4 is 10.4 Å². The summed E-state index contributed by atoms with van der Waals surface area (Å²) in [6, 6.07) is 1.21. The summed E-state index contributed by atoms with van der Waals surface area (Å²) in [5.74, 6) is 0.384. The molecule has 0 saturated heterocycles. The van der Waals surface area contributed by atoms with Gasteiger partial charge in [0, 0.05) is 19.2 Å². The molecule has 6 nitrogen and oxygen atoms in total. The summed E-state index contributed by atoms with van der Waals surface area (Å²) in [5.41, 5.74) is -0.451. The monoisotopic (exact) mass is 333 g/mol. The summed E-state index contributed by atoms with van der Waals surface area (Å²) in [5, 5.41) is 20.5. The lowest BCUT2D eigenvalue weighted by atomic mass is 10.1. The third-order valence-electron chi connectivity index (χ3n) is 3.72. The number of nitro benzene ring substituents is 1. The molecule has 0 aliphatic heterocycles. The van der Waals surface area contributed by atoms with E-state index in [1.807, 2.05) is 6.92 Å². The molecular formula is C14H18F3N3O3. The van der Waals surface area contributed by atoms with E-state index >= 15 is 0 Å². The standard InChI is InChI=1S/C14H18F3N3O3/c1-2-5-19(8-9-3-4-9)13-11(18-21)6-10(14(15,16)17)7-12(13)20(22)23/h6-7,9,18,21H,2-5,8H2,1H3. The van der Waals surface area contributed by atoms with Gasteiger partial charge in [0.2, 0.25) is 0 Å². The van der Waals surface area contributed by atoms with Crippen molar-refractivity contribution in [2.24, 2.45) is 5.92 Å². The molecule has 0 spiro atoms. The van der Waals surface area contributed by atoms with Crippen LogP contribution in [-0.2, 0) is 6.18 Å². The Morgan fingerprint density at radius 3 is 2.52 bits per heavy atom. The van der Waals surface area contributed by atoms with Crippen LogP contribution in [0.5, 0.6) is 0 Å². The number of rotatable bonds is 7. The fraction of sp³-hybridized carbons (Fsp3) is 0.571. The van der Waals surface area contributed by atoms with E-state index < -0.39 is 22.4 Å². The van der Waals surface area contributed by atoms with Gasteiger partial charge in [0.25, 0.3) is 5.69 Å². The molecule has 0 bridgehead atoms. The minimum atomic E-state index is -4.74. The zero-order valence-corrected chi connectivity index (χ0v) is 12.6. The summed E-state index contributed by atoms with van der Waals surface area (Å²) in [6.07, 6.45) is -2.07. The Kier molecular flexibility index (Phi) is 4.98. The molecule has 0 amide bonds. The number of nitrogens with zero attached hydrogens (tertiary/aromatic N) is 2. The molecule has 2 rings (SSSR count). The number of benzene rings is 1. The maximum absolute atomic E-state index is 12.9. The topological polar surface area (TPSA) is 78.6 Å². The molecule has 128 valence electrons. The lowest BCUT2D eigenvalue weighted by Gasteiger charge is -2.26. The number of halogens is 3. The molecule has 1 saturated carbocycles. The van der Waals surface area contributed by atoms with Gasteiger partial charge in [0.15, 0.2) is 0 Å². The van der Waals surface area contributed by atoms with Crippen molar-refractivity contribution in [1.29, 1.82) is 0 Å². The molecule has 1 aromatic carbocycles. The summed E-state index contributed by atoms with van der Waals surface area (Å²) in [6.45, 7) is 2.86. The molecule has 9 heteroatoms. The van der Waals surface area contributed by atoms with Crippen LogP contribution in [0.2, 0.25) is 0 Å². The van der Waals surface area contributed by atoms with Crippen molar-refractivity contribution in [3.63, 3.8) is 0 Å². The first-order valence-electron chi connectivity index (χ1n) is 7.32. The maximum atomic E-state index is 12.9. The van der Waals surface area contributed by atoms with Gasteiger partial charge in [-0.15, -0.1) is 0 Å². The quantitative estimate of drug-likeness (QED) is 0.581. The van der Waals surface area contributed by atoms with Crippen molar-refractivity contribution in [1.82, 2.24) is 0 Å².